The van der Waals surface area contributed by atoms with Gasteiger partial charge in [-0.3, -0.25) is 9.69 Å². The molecule has 0 N–H and O–H groups in total. The predicted molar refractivity (Wildman–Crippen MR) is 103 cm³/mol. The summed E-state index contributed by atoms with van der Waals surface area (Å²) in [5.74, 6) is 2.15. The number of benzene rings is 2. The van der Waals surface area contributed by atoms with Gasteiger partial charge in [0, 0.05) is 12.3 Å². The Kier molecular flexibility index (Phi) is 4.84. The zero-order valence-electron chi connectivity index (χ0n) is 14.6. The van der Waals surface area contributed by atoms with Crippen LogP contribution in [0.3, 0.4) is 0 Å². The fourth-order valence-electron chi connectivity index (χ4n) is 2.96. The predicted octanol–water partition coefficient (Wildman–Crippen LogP) is 3.79. The molecule has 1 amide bonds. The van der Waals surface area contributed by atoms with Crippen molar-refractivity contribution in [1.29, 1.82) is 0 Å². The Morgan fingerprint density at radius 1 is 1.15 bits per heavy atom. The molecule has 26 heavy (non-hydrogen) atoms. The van der Waals surface area contributed by atoms with E-state index >= 15 is 0 Å². The number of hydrogen-bond donors (Lipinski definition) is 0. The molecule has 0 radical (unpaired) electrons. The summed E-state index contributed by atoms with van der Waals surface area (Å²) >= 11 is 1.61. The van der Waals surface area contributed by atoms with E-state index in [1.165, 1.54) is 0 Å². The Hall–Kier alpha value is -2.47. The van der Waals surface area contributed by atoms with Crippen LogP contribution in [0.4, 0.5) is 5.69 Å². The van der Waals surface area contributed by atoms with E-state index in [1.54, 1.807) is 16.7 Å². The van der Waals surface area contributed by atoms with Crippen molar-refractivity contribution in [2.24, 2.45) is 4.99 Å². The number of hydrogen-bond acceptors (Lipinski definition) is 5. The van der Waals surface area contributed by atoms with Crippen LogP contribution in [0.5, 0.6) is 11.5 Å². The molecule has 0 aliphatic carbocycles. The first-order valence-corrected chi connectivity index (χ1v) is 9.68. The van der Waals surface area contributed by atoms with Gasteiger partial charge in [-0.25, -0.2) is 4.99 Å². The Morgan fingerprint density at radius 2 is 1.92 bits per heavy atom. The van der Waals surface area contributed by atoms with Crippen molar-refractivity contribution in [1.82, 2.24) is 4.90 Å². The largest absolute Gasteiger partial charge is 0.485 e. The number of amides is 1. The van der Waals surface area contributed by atoms with Gasteiger partial charge in [0.25, 0.3) is 5.91 Å². The molecular formula is C20H20N2O3S. The van der Waals surface area contributed by atoms with E-state index in [1.807, 2.05) is 55.5 Å². The molecule has 0 bridgehead atoms. The topological polar surface area (TPSA) is 51.1 Å². The molecular weight excluding hydrogens is 348 g/mol. The van der Waals surface area contributed by atoms with Gasteiger partial charge in [0.15, 0.2) is 16.7 Å². The van der Waals surface area contributed by atoms with Crippen LogP contribution in [0, 0.1) is 6.92 Å². The molecule has 2 aliphatic heterocycles. The van der Waals surface area contributed by atoms with E-state index in [9.17, 15) is 4.79 Å². The first-order chi connectivity index (χ1) is 12.7. The summed E-state index contributed by atoms with van der Waals surface area (Å²) in [4.78, 5) is 19.6. The lowest BCUT2D eigenvalue weighted by Crippen LogP contribution is -2.49. The lowest BCUT2D eigenvalue weighted by molar-refractivity contribution is -0.137. The fraction of sp³-hybridized carbons (Fsp3) is 0.300. The van der Waals surface area contributed by atoms with E-state index in [4.69, 9.17) is 14.5 Å². The molecule has 1 fully saturated rings. The minimum atomic E-state index is -0.648. The van der Waals surface area contributed by atoms with E-state index < -0.39 is 6.10 Å². The molecule has 0 spiro atoms. The van der Waals surface area contributed by atoms with Crippen molar-refractivity contribution in [2.75, 3.05) is 18.9 Å². The third-order valence-corrected chi connectivity index (χ3v) is 5.43. The summed E-state index contributed by atoms with van der Waals surface area (Å²) in [5.41, 5.74) is 1.98. The summed E-state index contributed by atoms with van der Waals surface area (Å²) in [5, 5.41) is 0.734. The smallest absolute Gasteiger partial charge is 0.273 e. The highest BCUT2D eigenvalue weighted by Crippen LogP contribution is 2.32. The number of ether oxygens (including phenoxy) is 2. The lowest BCUT2D eigenvalue weighted by Gasteiger charge is -2.33. The van der Waals surface area contributed by atoms with Crippen molar-refractivity contribution in [3.63, 3.8) is 0 Å². The number of aryl methyl sites for hydroxylation is 1. The zero-order chi connectivity index (χ0) is 17.9. The standard InChI is InChI=1S/C20H20N2O3S/c1-14-7-2-3-8-15(14)21-20-22(11-6-12-26-20)19(23)18-13-24-16-9-4-5-10-17(16)25-18/h2-5,7-10,18H,6,11-13H2,1H3/t18-/m1/s1. The molecule has 1 atom stereocenters. The van der Waals surface area contributed by atoms with Crippen molar-refractivity contribution < 1.29 is 14.3 Å². The number of rotatable bonds is 2. The van der Waals surface area contributed by atoms with E-state index in [0.29, 0.717) is 18.0 Å². The van der Waals surface area contributed by atoms with Crippen LogP contribution >= 0.6 is 11.8 Å². The Morgan fingerprint density at radius 3 is 2.77 bits per heavy atom. The third kappa shape index (κ3) is 3.42. The molecule has 2 aliphatic rings. The molecule has 6 heteroatoms. The van der Waals surface area contributed by atoms with Crippen molar-refractivity contribution in [3.05, 3.63) is 54.1 Å². The van der Waals surface area contributed by atoms with Gasteiger partial charge in [-0.2, -0.15) is 0 Å². The number of aliphatic imine (C=N–C) groups is 1. The summed E-state index contributed by atoms with van der Waals surface area (Å²) < 4.78 is 11.6. The second-order valence-electron chi connectivity index (χ2n) is 6.24. The molecule has 134 valence electrons. The minimum Gasteiger partial charge on any atom is -0.485 e. The first-order valence-electron chi connectivity index (χ1n) is 8.69. The second-order valence-corrected chi connectivity index (χ2v) is 7.30. The van der Waals surface area contributed by atoms with Crippen molar-refractivity contribution in [2.45, 2.75) is 19.4 Å². The van der Waals surface area contributed by atoms with Gasteiger partial charge in [0.1, 0.15) is 6.61 Å². The summed E-state index contributed by atoms with van der Waals surface area (Å²) in [6.45, 7) is 2.89. The maximum Gasteiger partial charge on any atom is 0.273 e. The van der Waals surface area contributed by atoms with E-state index in [-0.39, 0.29) is 12.5 Å². The highest BCUT2D eigenvalue weighted by atomic mass is 32.2. The highest BCUT2D eigenvalue weighted by molar-refractivity contribution is 8.13. The number of carbonyl (C=O) groups excluding carboxylic acids is 1. The van der Waals surface area contributed by atoms with Crippen LogP contribution in [0.1, 0.15) is 12.0 Å². The van der Waals surface area contributed by atoms with Crippen LogP contribution in [0.15, 0.2) is 53.5 Å². The summed E-state index contributed by atoms with van der Waals surface area (Å²) in [6, 6.07) is 15.4. The molecule has 0 unspecified atom stereocenters. The number of thioether (sulfide) groups is 1. The van der Waals surface area contributed by atoms with Crippen LogP contribution in [0.25, 0.3) is 0 Å². The maximum atomic E-state index is 13.1. The Bertz CT molecular complexity index is 852. The summed E-state index contributed by atoms with van der Waals surface area (Å²) in [7, 11) is 0. The van der Waals surface area contributed by atoms with Gasteiger partial charge in [-0.1, -0.05) is 42.1 Å². The van der Waals surface area contributed by atoms with Crippen molar-refractivity contribution >= 4 is 28.5 Å². The average Bonchev–Trinajstić information content (AvgIpc) is 2.69. The third-order valence-electron chi connectivity index (χ3n) is 4.37. The normalized spacial score (nSPS) is 20.9. The van der Waals surface area contributed by atoms with Crippen LogP contribution in [-0.2, 0) is 4.79 Å². The number of fused-ring (bicyclic) bond motifs is 1. The second kappa shape index (κ2) is 7.41. The van der Waals surface area contributed by atoms with Crippen LogP contribution < -0.4 is 9.47 Å². The highest BCUT2D eigenvalue weighted by Gasteiger charge is 2.34. The van der Waals surface area contributed by atoms with Gasteiger partial charge in [-0.15, -0.1) is 0 Å². The van der Waals surface area contributed by atoms with Gasteiger partial charge >= 0.3 is 0 Å². The lowest BCUT2D eigenvalue weighted by atomic mass is 10.2. The molecule has 5 nitrogen and oxygen atoms in total. The average molecular weight is 368 g/mol. The number of carbonyl (C=O) groups is 1. The monoisotopic (exact) mass is 368 g/mol. The fourth-order valence-corrected chi connectivity index (χ4v) is 3.92. The molecule has 2 aromatic rings. The molecule has 1 saturated heterocycles. The first kappa shape index (κ1) is 17.0. The van der Waals surface area contributed by atoms with Gasteiger partial charge in [-0.05, 0) is 37.1 Å². The molecule has 2 heterocycles. The van der Waals surface area contributed by atoms with Crippen LogP contribution in [-0.4, -0.2) is 41.0 Å². The molecule has 4 rings (SSSR count). The van der Waals surface area contributed by atoms with Crippen molar-refractivity contribution in [3.8, 4) is 11.5 Å². The minimum absolute atomic E-state index is 0.0981. The Balaban J connectivity index is 1.57. The van der Waals surface area contributed by atoms with Gasteiger partial charge in [0.05, 0.1) is 5.69 Å². The zero-order valence-corrected chi connectivity index (χ0v) is 15.4. The van der Waals surface area contributed by atoms with Crippen LogP contribution in [0.2, 0.25) is 0 Å². The SMILES string of the molecule is Cc1ccccc1N=C1SCCCN1C(=O)[C@H]1COc2ccccc2O1. The number of nitrogens with zero attached hydrogens (tertiary/aromatic N) is 2. The molecule has 0 saturated carbocycles. The quantitative estimate of drug-likeness (QED) is 0.809. The van der Waals surface area contributed by atoms with E-state index in [2.05, 4.69) is 0 Å². The maximum absolute atomic E-state index is 13.1. The molecule has 2 aromatic carbocycles. The Labute approximate surface area is 157 Å². The van der Waals surface area contributed by atoms with E-state index in [0.717, 1.165) is 28.6 Å². The van der Waals surface area contributed by atoms with Gasteiger partial charge in [0.2, 0.25) is 6.10 Å². The number of para-hydroxylation sites is 3. The summed E-state index contributed by atoms with van der Waals surface area (Å²) in [6.07, 6.45) is 0.290. The number of amidine groups is 1. The molecule has 0 aromatic heterocycles. The van der Waals surface area contributed by atoms with Gasteiger partial charge < -0.3 is 9.47 Å².